The number of halogens is 3. The van der Waals surface area contributed by atoms with E-state index in [1.807, 2.05) is 0 Å². The van der Waals surface area contributed by atoms with Gasteiger partial charge in [0.25, 0.3) is 0 Å². The molecule has 1 saturated heterocycles. The molecule has 0 radical (unpaired) electrons. The number of nitrogens with two attached hydrogens (primary N) is 1. The predicted octanol–water partition coefficient (Wildman–Crippen LogP) is 2.31. The SMILES string of the molecule is CC1C(=O)N(c2ccc(C(F)(F)F)cc2CN)C(=O)C1C. The molecule has 0 aliphatic carbocycles. The first kappa shape index (κ1) is 15.5. The monoisotopic (exact) mass is 300 g/mol. The number of nitrogens with zero attached hydrogens (tertiary/aromatic N) is 1. The highest BCUT2D eigenvalue weighted by Crippen LogP contribution is 2.36. The Morgan fingerprint density at radius 2 is 1.67 bits per heavy atom. The number of anilines is 1. The van der Waals surface area contributed by atoms with Crippen molar-refractivity contribution in [3.63, 3.8) is 0 Å². The van der Waals surface area contributed by atoms with Crippen LogP contribution >= 0.6 is 0 Å². The summed E-state index contributed by atoms with van der Waals surface area (Å²) in [7, 11) is 0. The Labute approximate surface area is 119 Å². The molecule has 0 aromatic heterocycles. The van der Waals surface area contributed by atoms with Gasteiger partial charge in [0.1, 0.15) is 0 Å². The van der Waals surface area contributed by atoms with E-state index in [4.69, 9.17) is 5.73 Å². The van der Waals surface area contributed by atoms with Crippen LogP contribution in [0.2, 0.25) is 0 Å². The van der Waals surface area contributed by atoms with E-state index in [0.29, 0.717) is 0 Å². The third kappa shape index (κ3) is 2.53. The molecule has 1 aliphatic heterocycles. The number of alkyl halides is 3. The van der Waals surface area contributed by atoms with Crippen molar-refractivity contribution in [1.29, 1.82) is 0 Å². The maximum Gasteiger partial charge on any atom is 0.416 e. The standard InChI is InChI=1S/C14H15F3N2O2/c1-7-8(2)13(21)19(12(7)20)11-4-3-10(14(15,16)17)5-9(11)6-18/h3-5,7-8H,6,18H2,1-2H3. The van der Waals surface area contributed by atoms with Gasteiger partial charge in [-0.25, -0.2) is 4.90 Å². The Bertz CT molecular complexity index is 578. The molecule has 4 nitrogen and oxygen atoms in total. The summed E-state index contributed by atoms with van der Waals surface area (Å²) in [6.07, 6.45) is -4.50. The van der Waals surface area contributed by atoms with Crippen LogP contribution in [0, 0.1) is 11.8 Å². The maximum absolute atomic E-state index is 12.7. The van der Waals surface area contributed by atoms with Crippen molar-refractivity contribution in [3.05, 3.63) is 29.3 Å². The zero-order valence-corrected chi connectivity index (χ0v) is 11.6. The van der Waals surface area contributed by atoms with Gasteiger partial charge in [0, 0.05) is 18.4 Å². The molecule has 2 rings (SSSR count). The fraction of sp³-hybridized carbons (Fsp3) is 0.429. The van der Waals surface area contributed by atoms with E-state index in [2.05, 4.69) is 0 Å². The van der Waals surface area contributed by atoms with E-state index in [1.165, 1.54) is 0 Å². The van der Waals surface area contributed by atoms with Gasteiger partial charge < -0.3 is 5.73 Å². The molecule has 0 saturated carbocycles. The van der Waals surface area contributed by atoms with Gasteiger partial charge in [-0.3, -0.25) is 9.59 Å². The van der Waals surface area contributed by atoms with E-state index in [-0.39, 0.29) is 17.8 Å². The van der Waals surface area contributed by atoms with Gasteiger partial charge in [-0.05, 0) is 23.8 Å². The zero-order chi connectivity index (χ0) is 15.9. The van der Waals surface area contributed by atoms with Crippen molar-refractivity contribution in [2.24, 2.45) is 17.6 Å². The van der Waals surface area contributed by atoms with Crippen LogP contribution in [0.25, 0.3) is 0 Å². The second kappa shape index (κ2) is 5.14. The van der Waals surface area contributed by atoms with Crippen molar-refractivity contribution < 1.29 is 22.8 Å². The van der Waals surface area contributed by atoms with Crippen molar-refractivity contribution in [2.75, 3.05) is 4.90 Å². The molecule has 2 N–H and O–H groups in total. The summed E-state index contributed by atoms with van der Waals surface area (Å²) >= 11 is 0. The molecular formula is C14H15F3N2O2. The van der Waals surface area contributed by atoms with Crippen LogP contribution in [-0.2, 0) is 22.3 Å². The van der Waals surface area contributed by atoms with Gasteiger partial charge >= 0.3 is 6.18 Å². The topological polar surface area (TPSA) is 63.4 Å². The first-order valence-corrected chi connectivity index (χ1v) is 6.46. The second-order valence-electron chi connectivity index (χ2n) is 5.13. The minimum atomic E-state index is -4.50. The van der Waals surface area contributed by atoms with Crippen LogP contribution in [0.1, 0.15) is 25.0 Å². The molecule has 1 fully saturated rings. The van der Waals surface area contributed by atoms with Gasteiger partial charge in [0.05, 0.1) is 11.3 Å². The second-order valence-corrected chi connectivity index (χ2v) is 5.13. The fourth-order valence-corrected chi connectivity index (χ4v) is 2.32. The van der Waals surface area contributed by atoms with E-state index < -0.39 is 35.4 Å². The van der Waals surface area contributed by atoms with E-state index in [1.54, 1.807) is 13.8 Å². The highest BCUT2D eigenvalue weighted by molar-refractivity contribution is 6.22. The van der Waals surface area contributed by atoms with Gasteiger partial charge in [-0.1, -0.05) is 13.8 Å². The first-order chi connectivity index (χ1) is 9.68. The largest absolute Gasteiger partial charge is 0.416 e. The summed E-state index contributed by atoms with van der Waals surface area (Å²) in [6, 6.07) is 2.86. The first-order valence-electron chi connectivity index (χ1n) is 6.46. The van der Waals surface area contributed by atoms with Crippen LogP contribution in [-0.4, -0.2) is 11.8 Å². The molecule has 7 heteroatoms. The summed E-state index contributed by atoms with van der Waals surface area (Å²) < 4.78 is 38.1. The quantitative estimate of drug-likeness (QED) is 0.852. The van der Waals surface area contributed by atoms with E-state index >= 15 is 0 Å². The molecule has 1 aromatic rings. The lowest BCUT2D eigenvalue weighted by Crippen LogP contribution is -2.32. The average Bonchev–Trinajstić information content (AvgIpc) is 2.61. The molecule has 2 amide bonds. The number of carbonyl (C=O) groups is 2. The molecule has 2 atom stereocenters. The predicted molar refractivity (Wildman–Crippen MR) is 70.2 cm³/mol. The maximum atomic E-state index is 12.7. The van der Waals surface area contributed by atoms with Crippen LogP contribution in [0.3, 0.4) is 0 Å². The zero-order valence-electron chi connectivity index (χ0n) is 11.6. The Balaban J connectivity index is 2.50. The van der Waals surface area contributed by atoms with Crippen LogP contribution < -0.4 is 10.6 Å². The number of hydrogen-bond acceptors (Lipinski definition) is 3. The van der Waals surface area contributed by atoms with E-state index in [0.717, 1.165) is 23.1 Å². The number of hydrogen-bond donors (Lipinski definition) is 1. The van der Waals surface area contributed by atoms with Crippen LogP contribution in [0.15, 0.2) is 18.2 Å². The highest BCUT2D eigenvalue weighted by atomic mass is 19.4. The summed E-state index contributed by atoms with van der Waals surface area (Å²) in [4.78, 5) is 25.2. The normalized spacial score (nSPS) is 23.0. The van der Waals surface area contributed by atoms with Gasteiger partial charge in [-0.15, -0.1) is 0 Å². The van der Waals surface area contributed by atoms with Crippen molar-refractivity contribution in [2.45, 2.75) is 26.6 Å². The highest BCUT2D eigenvalue weighted by Gasteiger charge is 2.44. The molecule has 2 unspecified atom stereocenters. The molecule has 0 spiro atoms. The minimum Gasteiger partial charge on any atom is -0.326 e. The number of rotatable bonds is 2. The molecule has 114 valence electrons. The number of imide groups is 1. The molecule has 1 aromatic carbocycles. The molecule has 1 aliphatic rings. The molecule has 0 bridgehead atoms. The fourth-order valence-electron chi connectivity index (χ4n) is 2.32. The van der Waals surface area contributed by atoms with Crippen molar-refractivity contribution in [1.82, 2.24) is 0 Å². The van der Waals surface area contributed by atoms with E-state index in [9.17, 15) is 22.8 Å². The van der Waals surface area contributed by atoms with Crippen LogP contribution in [0.5, 0.6) is 0 Å². The molecular weight excluding hydrogens is 285 g/mol. The Hall–Kier alpha value is -1.89. The summed E-state index contributed by atoms with van der Waals surface area (Å²) in [5, 5.41) is 0. The molecule has 21 heavy (non-hydrogen) atoms. The van der Waals surface area contributed by atoms with Crippen LogP contribution in [0.4, 0.5) is 18.9 Å². The molecule has 1 heterocycles. The number of carbonyl (C=O) groups excluding carboxylic acids is 2. The third-order valence-electron chi connectivity index (χ3n) is 3.84. The summed E-state index contributed by atoms with van der Waals surface area (Å²) in [5.74, 6) is -1.82. The third-order valence-corrected chi connectivity index (χ3v) is 3.84. The van der Waals surface area contributed by atoms with Gasteiger partial charge in [0.2, 0.25) is 11.8 Å². The number of benzene rings is 1. The average molecular weight is 300 g/mol. The van der Waals surface area contributed by atoms with Gasteiger partial charge in [0.15, 0.2) is 0 Å². The Morgan fingerprint density at radius 3 is 2.10 bits per heavy atom. The Morgan fingerprint density at radius 1 is 1.14 bits per heavy atom. The number of amides is 2. The summed E-state index contributed by atoms with van der Waals surface area (Å²) in [6.45, 7) is 3.05. The van der Waals surface area contributed by atoms with Crippen molar-refractivity contribution >= 4 is 17.5 Å². The minimum absolute atomic E-state index is 0.118. The summed E-state index contributed by atoms with van der Waals surface area (Å²) in [5.41, 5.74) is 4.87. The lowest BCUT2D eigenvalue weighted by Gasteiger charge is -2.19. The Kier molecular flexibility index (Phi) is 3.79. The van der Waals surface area contributed by atoms with Crippen molar-refractivity contribution in [3.8, 4) is 0 Å². The lowest BCUT2D eigenvalue weighted by atomic mass is 10.00. The lowest BCUT2D eigenvalue weighted by molar-refractivity contribution is -0.137. The smallest absolute Gasteiger partial charge is 0.326 e. The van der Waals surface area contributed by atoms with Gasteiger partial charge in [-0.2, -0.15) is 13.2 Å².